The number of para-hydroxylation sites is 1. The molecule has 0 spiro atoms. The predicted molar refractivity (Wildman–Crippen MR) is 91.2 cm³/mol. The molecule has 0 saturated heterocycles. The number of aromatic nitrogens is 1. The van der Waals surface area contributed by atoms with Crippen molar-refractivity contribution in [2.24, 2.45) is 0 Å². The van der Waals surface area contributed by atoms with E-state index >= 15 is 0 Å². The first-order chi connectivity index (χ1) is 11.6. The second-order valence-electron chi connectivity index (χ2n) is 5.07. The summed E-state index contributed by atoms with van der Waals surface area (Å²) in [4.78, 5) is 28.0. The van der Waals surface area contributed by atoms with Crippen molar-refractivity contribution in [2.75, 3.05) is 13.2 Å². The van der Waals surface area contributed by atoms with Gasteiger partial charge in [-0.05, 0) is 25.5 Å². The number of carbonyl (C=O) groups excluding carboxylic acids is 2. The fraction of sp³-hybridized carbons (Fsp3) is 0.353. The number of hydrogen-bond acceptors (Lipinski definition) is 6. The summed E-state index contributed by atoms with van der Waals surface area (Å²) in [7, 11) is 0. The molecule has 0 aliphatic carbocycles. The molecule has 1 aromatic heterocycles. The highest BCUT2D eigenvalue weighted by atomic mass is 32.1. The van der Waals surface area contributed by atoms with Crippen LogP contribution >= 0.6 is 11.3 Å². The molecule has 0 aliphatic rings. The first-order valence-electron chi connectivity index (χ1n) is 7.66. The molecule has 1 amide bonds. The van der Waals surface area contributed by atoms with E-state index in [0.717, 1.165) is 17.1 Å². The van der Waals surface area contributed by atoms with Crippen molar-refractivity contribution in [1.82, 2.24) is 10.3 Å². The van der Waals surface area contributed by atoms with Crippen LogP contribution in [0.15, 0.2) is 29.6 Å². The summed E-state index contributed by atoms with van der Waals surface area (Å²) in [5, 5.41) is 5.52. The van der Waals surface area contributed by atoms with Crippen LogP contribution in [0.4, 0.5) is 0 Å². The van der Waals surface area contributed by atoms with Gasteiger partial charge in [-0.3, -0.25) is 4.79 Å². The van der Waals surface area contributed by atoms with Crippen molar-refractivity contribution >= 4 is 23.2 Å². The lowest BCUT2D eigenvalue weighted by Gasteiger charge is -2.10. The zero-order valence-corrected chi connectivity index (χ0v) is 14.5. The third-order valence-electron chi connectivity index (χ3n) is 3.06. The molecule has 128 valence electrons. The molecule has 24 heavy (non-hydrogen) atoms. The van der Waals surface area contributed by atoms with Crippen molar-refractivity contribution in [2.45, 2.75) is 26.9 Å². The Labute approximate surface area is 144 Å². The number of carbonyl (C=O) groups is 2. The lowest BCUT2D eigenvalue weighted by atomic mass is 10.2. The average Bonchev–Trinajstić information content (AvgIpc) is 3.01. The van der Waals surface area contributed by atoms with E-state index < -0.39 is 5.97 Å². The molecule has 2 aromatic rings. The molecule has 1 N–H and O–H groups in total. The summed E-state index contributed by atoms with van der Waals surface area (Å²) >= 11 is 1.54. The SMILES string of the molecule is CCCNC(=O)COC(=O)c1ccccc1OCc1csc(C)n1. The number of benzene rings is 1. The minimum absolute atomic E-state index is 0.269. The van der Waals surface area contributed by atoms with Crippen LogP contribution in [0, 0.1) is 6.92 Å². The van der Waals surface area contributed by atoms with E-state index in [1.807, 2.05) is 19.2 Å². The van der Waals surface area contributed by atoms with Crippen LogP contribution in [-0.4, -0.2) is 30.0 Å². The Morgan fingerprint density at radius 1 is 1.29 bits per heavy atom. The summed E-state index contributed by atoms with van der Waals surface area (Å²) in [6.07, 6.45) is 0.826. The molecule has 0 unspecified atom stereocenters. The summed E-state index contributed by atoms with van der Waals surface area (Å²) in [6, 6.07) is 6.78. The van der Waals surface area contributed by atoms with Crippen LogP contribution in [0.2, 0.25) is 0 Å². The molecule has 0 fully saturated rings. The second-order valence-corrected chi connectivity index (χ2v) is 6.13. The van der Waals surface area contributed by atoms with Gasteiger partial charge in [0, 0.05) is 11.9 Å². The Balaban J connectivity index is 1.94. The number of amides is 1. The van der Waals surface area contributed by atoms with Gasteiger partial charge in [0.2, 0.25) is 0 Å². The highest BCUT2D eigenvalue weighted by Crippen LogP contribution is 2.20. The zero-order chi connectivity index (χ0) is 17.4. The minimum atomic E-state index is -0.591. The number of aryl methyl sites for hydroxylation is 1. The Morgan fingerprint density at radius 2 is 2.08 bits per heavy atom. The van der Waals surface area contributed by atoms with Crippen molar-refractivity contribution < 1.29 is 19.1 Å². The molecule has 1 heterocycles. The van der Waals surface area contributed by atoms with Gasteiger partial charge < -0.3 is 14.8 Å². The quantitative estimate of drug-likeness (QED) is 0.742. The maximum absolute atomic E-state index is 12.2. The Hall–Kier alpha value is -2.41. The number of nitrogens with one attached hydrogen (secondary N) is 1. The number of ether oxygens (including phenoxy) is 2. The number of nitrogens with zero attached hydrogens (tertiary/aromatic N) is 1. The lowest BCUT2D eigenvalue weighted by molar-refractivity contribution is -0.124. The van der Waals surface area contributed by atoms with Gasteiger partial charge in [-0.25, -0.2) is 9.78 Å². The van der Waals surface area contributed by atoms with Crippen LogP contribution in [0.25, 0.3) is 0 Å². The van der Waals surface area contributed by atoms with Gasteiger partial charge in [0.1, 0.15) is 17.9 Å². The smallest absolute Gasteiger partial charge is 0.342 e. The third-order valence-corrected chi connectivity index (χ3v) is 3.88. The van der Waals surface area contributed by atoms with Crippen LogP contribution in [0.3, 0.4) is 0 Å². The van der Waals surface area contributed by atoms with Gasteiger partial charge >= 0.3 is 5.97 Å². The number of thiazole rings is 1. The van der Waals surface area contributed by atoms with E-state index in [0.29, 0.717) is 12.3 Å². The van der Waals surface area contributed by atoms with Crippen LogP contribution in [-0.2, 0) is 16.1 Å². The van der Waals surface area contributed by atoms with Gasteiger partial charge in [-0.2, -0.15) is 0 Å². The Bertz CT molecular complexity index is 699. The molecule has 7 heteroatoms. The number of esters is 1. The highest BCUT2D eigenvalue weighted by molar-refractivity contribution is 7.09. The largest absolute Gasteiger partial charge is 0.486 e. The molecule has 2 rings (SSSR count). The molecular weight excluding hydrogens is 328 g/mol. The molecule has 1 aromatic carbocycles. The molecule has 0 radical (unpaired) electrons. The van der Waals surface area contributed by atoms with E-state index in [4.69, 9.17) is 9.47 Å². The summed E-state index contributed by atoms with van der Waals surface area (Å²) < 4.78 is 10.7. The first-order valence-corrected chi connectivity index (χ1v) is 8.54. The number of rotatable bonds is 8. The van der Waals surface area contributed by atoms with E-state index in [2.05, 4.69) is 10.3 Å². The van der Waals surface area contributed by atoms with Gasteiger partial charge in [0.05, 0.1) is 10.7 Å². The molecule has 0 saturated carbocycles. The second kappa shape index (κ2) is 9.02. The molecule has 0 atom stereocenters. The van der Waals surface area contributed by atoms with E-state index in [1.54, 1.807) is 35.6 Å². The third kappa shape index (κ3) is 5.34. The molecule has 6 nitrogen and oxygen atoms in total. The van der Waals surface area contributed by atoms with E-state index in [-0.39, 0.29) is 24.7 Å². The summed E-state index contributed by atoms with van der Waals surface area (Å²) in [5.74, 6) is -0.504. The lowest BCUT2D eigenvalue weighted by Crippen LogP contribution is -2.29. The van der Waals surface area contributed by atoms with Crippen LogP contribution in [0.1, 0.15) is 34.4 Å². The standard InChI is InChI=1S/C17H20N2O4S/c1-3-8-18-16(20)10-23-17(21)14-6-4-5-7-15(14)22-9-13-11-24-12(2)19-13/h4-7,11H,3,8-10H2,1-2H3,(H,18,20). The normalized spacial score (nSPS) is 10.2. The van der Waals surface area contributed by atoms with Crippen molar-refractivity contribution in [1.29, 1.82) is 0 Å². The fourth-order valence-electron chi connectivity index (χ4n) is 1.91. The van der Waals surface area contributed by atoms with Crippen molar-refractivity contribution in [3.63, 3.8) is 0 Å². The Morgan fingerprint density at radius 3 is 2.79 bits per heavy atom. The van der Waals surface area contributed by atoms with Gasteiger partial charge in [0.25, 0.3) is 5.91 Å². The molecule has 0 bridgehead atoms. The summed E-state index contributed by atoms with van der Waals surface area (Å²) in [6.45, 7) is 4.39. The van der Waals surface area contributed by atoms with Gasteiger partial charge in [-0.1, -0.05) is 19.1 Å². The highest BCUT2D eigenvalue weighted by Gasteiger charge is 2.15. The summed E-state index contributed by atoms with van der Waals surface area (Å²) in [5.41, 5.74) is 1.09. The maximum atomic E-state index is 12.2. The van der Waals surface area contributed by atoms with Crippen LogP contribution < -0.4 is 10.1 Å². The molecule has 0 aliphatic heterocycles. The maximum Gasteiger partial charge on any atom is 0.342 e. The zero-order valence-electron chi connectivity index (χ0n) is 13.7. The minimum Gasteiger partial charge on any atom is -0.486 e. The van der Waals surface area contributed by atoms with E-state index in [1.165, 1.54) is 0 Å². The van der Waals surface area contributed by atoms with Crippen molar-refractivity contribution in [3.05, 3.63) is 45.9 Å². The van der Waals surface area contributed by atoms with Crippen molar-refractivity contribution in [3.8, 4) is 5.75 Å². The first kappa shape index (κ1) is 17.9. The predicted octanol–water partition coefficient (Wildman–Crippen LogP) is 2.71. The van der Waals surface area contributed by atoms with Gasteiger partial charge in [0.15, 0.2) is 6.61 Å². The fourth-order valence-corrected chi connectivity index (χ4v) is 2.51. The topological polar surface area (TPSA) is 77.5 Å². The monoisotopic (exact) mass is 348 g/mol. The Kier molecular flexibility index (Phi) is 6.74. The number of hydrogen-bond donors (Lipinski definition) is 1. The molecular formula is C17H20N2O4S. The van der Waals surface area contributed by atoms with Crippen LogP contribution in [0.5, 0.6) is 5.75 Å². The van der Waals surface area contributed by atoms with Gasteiger partial charge in [-0.15, -0.1) is 11.3 Å². The van der Waals surface area contributed by atoms with E-state index in [9.17, 15) is 9.59 Å². The average molecular weight is 348 g/mol.